The van der Waals surface area contributed by atoms with Gasteiger partial charge in [-0.1, -0.05) is 143 Å². The van der Waals surface area contributed by atoms with Gasteiger partial charge < -0.3 is 0 Å². The Morgan fingerprint density at radius 2 is 1.27 bits per heavy atom. The van der Waals surface area contributed by atoms with E-state index in [4.69, 9.17) is 0 Å². The molecule has 0 fully saturated rings. The van der Waals surface area contributed by atoms with E-state index < -0.39 is 0 Å². The summed E-state index contributed by atoms with van der Waals surface area (Å²) in [5.41, 5.74) is 6.49. The van der Waals surface area contributed by atoms with Crippen LogP contribution in [0.4, 0.5) is 0 Å². The maximum Gasteiger partial charge on any atom is -0.0100 e. The normalized spacial score (nSPS) is 20.1. The average molecular weight is 511 g/mol. The van der Waals surface area contributed by atoms with Gasteiger partial charge in [-0.05, 0) is 86.2 Å². The minimum atomic E-state index is 0.251. The zero-order valence-corrected chi connectivity index (χ0v) is 27.7. The first-order chi connectivity index (χ1) is 17.2. The van der Waals surface area contributed by atoms with E-state index in [0.717, 1.165) is 24.7 Å². The molecule has 0 aromatic rings. The van der Waals surface area contributed by atoms with Crippen LogP contribution >= 0.6 is 0 Å². The fourth-order valence-electron chi connectivity index (χ4n) is 4.32. The second-order valence-corrected chi connectivity index (χ2v) is 12.4. The van der Waals surface area contributed by atoms with E-state index in [-0.39, 0.29) is 10.8 Å². The van der Waals surface area contributed by atoms with Gasteiger partial charge in [0.15, 0.2) is 0 Å². The SMILES string of the molecule is C=CC(C)C/C=C(\C)C/C(C)=C/C1=C(/C=C/C)C(C)(C)CCC1(C)C.CC.CCC(C)/C=C\C(C)CC. The second kappa shape index (κ2) is 19.5. The number of rotatable bonds is 11. The Morgan fingerprint density at radius 3 is 1.68 bits per heavy atom. The molecule has 0 radical (unpaired) electrons. The fourth-order valence-corrected chi connectivity index (χ4v) is 4.32. The third-order valence-electron chi connectivity index (χ3n) is 7.70. The Morgan fingerprint density at radius 1 is 0.811 bits per heavy atom. The largest absolute Gasteiger partial charge is 0.103 e. The van der Waals surface area contributed by atoms with Crippen LogP contribution in [0.2, 0.25) is 0 Å². The number of hydrogen-bond donors (Lipinski definition) is 0. The van der Waals surface area contributed by atoms with E-state index >= 15 is 0 Å². The van der Waals surface area contributed by atoms with Gasteiger partial charge in [0, 0.05) is 0 Å². The molecular weight excluding hydrogens is 444 g/mol. The van der Waals surface area contributed by atoms with Gasteiger partial charge in [0.2, 0.25) is 0 Å². The zero-order valence-electron chi connectivity index (χ0n) is 27.7. The second-order valence-electron chi connectivity index (χ2n) is 12.4. The Labute approximate surface area is 235 Å². The summed E-state index contributed by atoms with van der Waals surface area (Å²) in [7, 11) is 0. The molecule has 0 heterocycles. The van der Waals surface area contributed by atoms with Crippen LogP contribution in [0.1, 0.15) is 135 Å². The van der Waals surface area contributed by atoms with Crippen molar-refractivity contribution in [2.24, 2.45) is 28.6 Å². The van der Waals surface area contributed by atoms with Crippen LogP contribution in [0.3, 0.4) is 0 Å². The summed E-state index contributed by atoms with van der Waals surface area (Å²) in [5, 5.41) is 0. The lowest BCUT2D eigenvalue weighted by molar-refractivity contribution is 0.273. The Kier molecular flexibility index (Phi) is 19.8. The molecule has 3 atom stereocenters. The molecule has 3 unspecified atom stereocenters. The molecule has 0 saturated heterocycles. The van der Waals surface area contributed by atoms with Crippen LogP contribution in [0.5, 0.6) is 0 Å². The Balaban J connectivity index is 0. The molecule has 0 amide bonds. The van der Waals surface area contributed by atoms with Crippen molar-refractivity contribution in [3.8, 4) is 0 Å². The molecule has 0 N–H and O–H groups in total. The van der Waals surface area contributed by atoms with Gasteiger partial charge in [0.25, 0.3) is 0 Å². The standard InChI is InChI=1S/C25H40.C10H20.C2H6/c1-10-12-22-23(25(8,9)16-15-24(22,6)7)18-21(5)17-20(4)14-13-19(3)11-2;1-5-9(3)7-8-10(4)6-2;1-2/h10-12,14,18-19H,2,13,15-17H2,1,3-9H3;7-10H,5-6H2,1-4H3;1-2H3/b12-10+,20-14+,21-18+;8-7-;. The number of hydrogen-bond acceptors (Lipinski definition) is 0. The lowest BCUT2D eigenvalue weighted by atomic mass is 9.62. The van der Waals surface area contributed by atoms with E-state index in [1.807, 2.05) is 19.9 Å². The molecule has 0 aromatic carbocycles. The third-order valence-corrected chi connectivity index (χ3v) is 7.70. The quantitative estimate of drug-likeness (QED) is 0.242. The van der Waals surface area contributed by atoms with Gasteiger partial charge in [-0.3, -0.25) is 0 Å². The van der Waals surface area contributed by atoms with Crippen LogP contribution in [0.15, 0.2) is 71.4 Å². The summed E-state index contributed by atoms with van der Waals surface area (Å²) >= 11 is 0. The molecule has 37 heavy (non-hydrogen) atoms. The summed E-state index contributed by atoms with van der Waals surface area (Å²) in [6.45, 7) is 35.3. The highest BCUT2D eigenvalue weighted by Crippen LogP contribution is 2.50. The van der Waals surface area contributed by atoms with Crippen molar-refractivity contribution < 1.29 is 0 Å². The van der Waals surface area contributed by atoms with Gasteiger partial charge in [-0.2, -0.15) is 0 Å². The van der Waals surface area contributed by atoms with Gasteiger partial charge in [-0.25, -0.2) is 0 Å². The van der Waals surface area contributed by atoms with Crippen molar-refractivity contribution in [1.29, 1.82) is 0 Å². The van der Waals surface area contributed by atoms with Gasteiger partial charge in [0.05, 0.1) is 0 Å². The predicted octanol–water partition coefficient (Wildman–Crippen LogP) is 12.9. The number of allylic oxidation sites excluding steroid dienone is 11. The molecule has 0 spiro atoms. The smallest absolute Gasteiger partial charge is 0.0100 e. The predicted molar refractivity (Wildman–Crippen MR) is 174 cm³/mol. The van der Waals surface area contributed by atoms with E-state index in [2.05, 4.69) is 126 Å². The molecule has 1 rings (SSSR count). The molecule has 0 aliphatic heterocycles. The van der Waals surface area contributed by atoms with Crippen molar-refractivity contribution >= 4 is 0 Å². The van der Waals surface area contributed by atoms with Crippen LogP contribution in [-0.2, 0) is 0 Å². The summed E-state index contributed by atoms with van der Waals surface area (Å²) in [4.78, 5) is 0. The lowest BCUT2D eigenvalue weighted by Crippen LogP contribution is -2.29. The highest BCUT2D eigenvalue weighted by molar-refractivity contribution is 5.44. The van der Waals surface area contributed by atoms with Crippen molar-refractivity contribution in [2.45, 2.75) is 135 Å². The van der Waals surface area contributed by atoms with E-state index in [1.165, 1.54) is 48.0 Å². The van der Waals surface area contributed by atoms with Crippen molar-refractivity contribution in [3.05, 3.63) is 71.4 Å². The van der Waals surface area contributed by atoms with E-state index in [1.54, 1.807) is 0 Å². The zero-order chi connectivity index (χ0) is 29.2. The molecule has 214 valence electrons. The Bertz CT molecular complexity index is 763. The van der Waals surface area contributed by atoms with Crippen LogP contribution < -0.4 is 0 Å². The van der Waals surface area contributed by atoms with E-state index in [9.17, 15) is 0 Å². The summed E-state index contributed by atoms with van der Waals surface area (Å²) in [6, 6.07) is 0. The third kappa shape index (κ3) is 15.4. The minimum Gasteiger partial charge on any atom is -0.103 e. The topological polar surface area (TPSA) is 0 Å². The molecule has 0 bridgehead atoms. The fraction of sp³-hybridized carbons (Fsp3) is 0.676. The first-order valence-electron chi connectivity index (χ1n) is 15.3. The molecule has 1 aliphatic rings. The first-order valence-corrected chi connectivity index (χ1v) is 15.3. The van der Waals surface area contributed by atoms with Crippen molar-refractivity contribution in [1.82, 2.24) is 0 Å². The van der Waals surface area contributed by atoms with Crippen LogP contribution in [0, 0.1) is 28.6 Å². The highest BCUT2D eigenvalue weighted by atomic mass is 14.4. The summed E-state index contributed by atoms with van der Waals surface area (Å²) in [6.07, 6.45) is 23.3. The maximum absolute atomic E-state index is 3.88. The highest BCUT2D eigenvalue weighted by Gasteiger charge is 2.37. The first kappa shape index (κ1) is 37.6. The maximum atomic E-state index is 3.88. The van der Waals surface area contributed by atoms with Gasteiger partial charge >= 0.3 is 0 Å². The van der Waals surface area contributed by atoms with Gasteiger partial charge in [0.1, 0.15) is 0 Å². The van der Waals surface area contributed by atoms with Gasteiger partial charge in [-0.15, -0.1) is 6.58 Å². The molecular formula is C37H66. The summed E-state index contributed by atoms with van der Waals surface area (Å²) in [5.74, 6) is 2.07. The van der Waals surface area contributed by atoms with Crippen LogP contribution in [0.25, 0.3) is 0 Å². The van der Waals surface area contributed by atoms with E-state index in [0.29, 0.717) is 5.92 Å². The van der Waals surface area contributed by atoms with Crippen molar-refractivity contribution in [2.75, 3.05) is 0 Å². The van der Waals surface area contributed by atoms with Crippen molar-refractivity contribution in [3.63, 3.8) is 0 Å². The molecule has 1 aliphatic carbocycles. The monoisotopic (exact) mass is 511 g/mol. The molecule has 0 saturated carbocycles. The molecule has 0 nitrogen and oxygen atoms in total. The lowest BCUT2D eigenvalue weighted by Gasteiger charge is -2.42. The summed E-state index contributed by atoms with van der Waals surface area (Å²) < 4.78 is 0. The Hall–Kier alpha value is -1.56. The molecule has 0 heteroatoms. The average Bonchev–Trinajstić information content (AvgIpc) is 2.87. The molecule has 0 aromatic heterocycles. The van der Waals surface area contributed by atoms with Crippen LogP contribution in [-0.4, -0.2) is 0 Å². The minimum absolute atomic E-state index is 0.251.